The summed E-state index contributed by atoms with van der Waals surface area (Å²) < 4.78 is 47.3. The normalized spacial score (nSPS) is 17.9. The van der Waals surface area contributed by atoms with Gasteiger partial charge in [-0.05, 0) is 87.1 Å². The molecule has 0 radical (unpaired) electrons. The molecular weight excluding hydrogens is 709 g/mol. The first-order valence-corrected chi connectivity index (χ1v) is 20.6. The monoisotopic (exact) mass is 772 g/mol. The van der Waals surface area contributed by atoms with Crippen molar-refractivity contribution in [2.75, 3.05) is 99.1 Å². The van der Waals surface area contributed by atoms with E-state index in [2.05, 4.69) is 34.8 Å². The third-order valence-corrected chi connectivity index (χ3v) is 9.97. The fourth-order valence-corrected chi connectivity index (χ4v) is 6.94. The van der Waals surface area contributed by atoms with Gasteiger partial charge in [-0.15, -0.1) is 11.5 Å². The molecule has 0 bridgehead atoms. The van der Waals surface area contributed by atoms with Crippen LogP contribution < -0.4 is 0 Å². The van der Waals surface area contributed by atoms with E-state index in [-0.39, 0.29) is 6.10 Å². The Balaban J connectivity index is 0.000000676. The molecule has 1 aromatic heterocycles. The molecule has 54 heavy (non-hydrogen) atoms. The number of thioether (sulfide) groups is 1. The topological polar surface area (TPSA) is 128 Å². The smallest absolute Gasteiger partial charge is 0.138 e. The van der Waals surface area contributed by atoms with Gasteiger partial charge in [-0.3, -0.25) is 0 Å². The van der Waals surface area contributed by atoms with Crippen LogP contribution in [-0.2, 0) is 57.3 Å². The fraction of sp³-hybridized carbons (Fsp3) is 0.732. The van der Waals surface area contributed by atoms with Gasteiger partial charge in [0.2, 0.25) is 0 Å². The van der Waals surface area contributed by atoms with Gasteiger partial charge in [0.25, 0.3) is 0 Å². The highest BCUT2D eigenvalue weighted by molar-refractivity contribution is 8.03. The zero-order valence-electron chi connectivity index (χ0n) is 32.9. The molecule has 2 aliphatic rings. The molecule has 2 aromatic rings. The molecular formula is C41H64N4O8S. The predicted molar refractivity (Wildman–Crippen MR) is 209 cm³/mol. The van der Waals surface area contributed by atoms with Crippen LogP contribution in [0.2, 0.25) is 0 Å². The molecule has 0 N–H and O–H groups in total. The average Bonchev–Trinajstić information content (AvgIpc) is 3.71. The number of nitriles is 1. The van der Waals surface area contributed by atoms with Crippen LogP contribution >= 0.6 is 11.8 Å². The number of aryl methyl sites for hydroxylation is 2. The van der Waals surface area contributed by atoms with Gasteiger partial charge in [-0.1, -0.05) is 49.1 Å². The molecule has 2 aliphatic carbocycles. The highest BCUT2D eigenvalue weighted by Gasteiger charge is 2.48. The molecule has 1 fully saturated rings. The number of terminal acetylenes is 1. The molecule has 1 saturated carbocycles. The van der Waals surface area contributed by atoms with E-state index in [0.29, 0.717) is 92.5 Å². The number of ether oxygens (including phenoxy) is 8. The molecule has 0 spiro atoms. The first kappa shape index (κ1) is 45.8. The van der Waals surface area contributed by atoms with Gasteiger partial charge >= 0.3 is 0 Å². The van der Waals surface area contributed by atoms with Crippen LogP contribution in [0.4, 0.5) is 0 Å². The van der Waals surface area contributed by atoms with E-state index in [1.165, 1.54) is 48.0 Å². The Morgan fingerprint density at radius 3 is 2.09 bits per heavy atom. The van der Waals surface area contributed by atoms with Crippen LogP contribution in [0.3, 0.4) is 0 Å². The van der Waals surface area contributed by atoms with Crippen LogP contribution in [-0.4, -0.2) is 120 Å². The van der Waals surface area contributed by atoms with Crippen LogP contribution in [0.1, 0.15) is 62.9 Å². The number of fused-ring (bicyclic) bond motifs is 2. The van der Waals surface area contributed by atoms with Crippen molar-refractivity contribution in [1.29, 1.82) is 5.26 Å². The minimum absolute atomic E-state index is 0.194. The summed E-state index contributed by atoms with van der Waals surface area (Å²) in [5, 5.41) is 19.3. The third-order valence-electron chi connectivity index (χ3n) is 9.38. The number of nitrogens with zero attached hydrogens (tertiary/aromatic N) is 4. The molecule has 302 valence electrons. The van der Waals surface area contributed by atoms with E-state index in [9.17, 15) is 0 Å². The highest BCUT2D eigenvalue weighted by atomic mass is 32.2. The zero-order valence-corrected chi connectivity index (χ0v) is 33.7. The van der Waals surface area contributed by atoms with E-state index in [0.717, 1.165) is 61.5 Å². The highest BCUT2D eigenvalue weighted by Crippen LogP contribution is 2.54. The Hall–Kier alpha value is -2.56. The summed E-state index contributed by atoms with van der Waals surface area (Å²) in [6.45, 7) is 15.0. The maximum absolute atomic E-state index is 8.30. The van der Waals surface area contributed by atoms with Crippen LogP contribution in [0.5, 0.6) is 0 Å². The molecule has 1 aromatic carbocycles. The van der Waals surface area contributed by atoms with Crippen molar-refractivity contribution < 1.29 is 37.9 Å². The van der Waals surface area contributed by atoms with Crippen molar-refractivity contribution in [2.24, 2.45) is 17.8 Å². The van der Waals surface area contributed by atoms with Crippen molar-refractivity contribution in [3.63, 3.8) is 0 Å². The average molecular weight is 773 g/mol. The van der Waals surface area contributed by atoms with Crippen LogP contribution in [0.25, 0.3) is 0 Å². The number of aromatic nitrogens is 3. The summed E-state index contributed by atoms with van der Waals surface area (Å²) in [4.78, 5) is 1.01. The summed E-state index contributed by atoms with van der Waals surface area (Å²) >= 11 is 1.19. The fourth-order valence-electron chi connectivity index (χ4n) is 6.57. The summed E-state index contributed by atoms with van der Waals surface area (Å²) in [5.41, 5.74) is 3.74. The van der Waals surface area contributed by atoms with Crippen molar-refractivity contribution >= 4 is 11.8 Å². The zero-order chi connectivity index (χ0) is 38.5. The summed E-state index contributed by atoms with van der Waals surface area (Å²) in [7, 11) is 0. The first-order chi connectivity index (χ1) is 26.6. The molecule has 12 nitrogen and oxygen atoms in total. The lowest BCUT2D eigenvalue weighted by atomic mass is 10.0. The van der Waals surface area contributed by atoms with E-state index in [1.54, 1.807) is 0 Å². The minimum Gasteiger partial charge on any atom is -0.379 e. The van der Waals surface area contributed by atoms with Gasteiger partial charge in [0.15, 0.2) is 0 Å². The molecule has 0 saturated heterocycles. The van der Waals surface area contributed by atoms with Gasteiger partial charge in [0.1, 0.15) is 18.1 Å². The van der Waals surface area contributed by atoms with Crippen LogP contribution in [0, 0.1) is 47.7 Å². The molecule has 13 heteroatoms. The Bertz CT molecular complexity index is 1320. The van der Waals surface area contributed by atoms with E-state index < -0.39 is 0 Å². The summed E-state index contributed by atoms with van der Waals surface area (Å²) in [6, 6.07) is 7.89. The number of thiocyanates is 1. The molecule has 1 heterocycles. The quantitative estimate of drug-likeness (QED) is 0.0421. The van der Waals surface area contributed by atoms with Crippen molar-refractivity contribution in [3.8, 4) is 17.7 Å². The third kappa shape index (κ3) is 19.3. The number of hydrogen-bond donors (Lipinski definition) is 0. The minimum atomic E-state index is -0.194. The molecule has 0 amide bonds. The molecule has 4 rings (SSSR count). The van der Waals surface area contributed by atoms with Gasteiger partial charge in [-0.2, -0.15) is 5.26 Å². The maximum Gasteiger partial charge on any atom is 0.138 e. The van der Waals surface area contributed by atoms with Gasteiger partial charge in [0.05, 0.1) is 90.6 Å². The molecule has 4 atom stereocenters. The second-order valence-corrected chi connectivity index (χ2v) is 14.3. The standard InChI is InChI=1S/C33H57N3O8.C8H7NS/c1-4-13-37-18-20-40-22-23-43-27-28(44-25-24-41-21-19-38-14-5-2)26-42-16-7-15-39-17-12-36-33-11-9-31-29(6-3)30(31)8-10-32(33)34-35-36;1-7-2-4-8(5-3-7)10-6-9/h1,28-31H,5-27H2,2-3H3;2-5H,1H3. The Morgan fingerprint density at radius 2 is 1.41 bits per heavy atom. The van der Waals surface area contributed by atoms with Gasteiger partial charge in [0, 0.05) is 24.7 Å². The number of hydrogen-bond acceptors (Lipinski definition) is 12. The van der Waals surface area contributed by atoms with Gasteiger partial charge < -0.3 is 37.9 Å². The van der Waals surface area contributed by atoms with E-state index in [1.807, 2.05) is 36.6 Å². The number of benzene rings is 1. The Labute approximate surface area is 328 Å². The second kappa shape index (κ2) is 29.7. The SMILES string of the molecule is C#CCOCCOCCOCC(COCCCOCCn1nnc2c1CCC1C(CC)C1CC2)OCCOCCOCCC.Cc1ccc(SC#N)cc1. The summed E-state index contributed by atoms with van der Waals surface area (Å²) in [6.07, 6.45) is 12.8. The summed E-state index contributed by atoms with van der Waals surface area (Å²) in [5.74, 6) is 5.20. The molecule has 4 unspecified atom stereocenters. The van der Waals surface area contributed by atoms with Gasteiger partial charge in [-0.25, -0.2) is 4.68 Å². The van der Waals surface area contributed by atoms with Crippen LogP contribution in [0.15, 0.2) is 29.2 Å². The Morgan fingerprint density at radius 1 is 0.796 bits per heavy atom. The van der Waals surface area contributed by atoms with Crippen molar-refractivity contribution in [2.45, 2.75) is 83.3 Å². The maximum atomic E-state index is 8.30. The lowest BCUT2D eigenvalue weighted by molar-refractivity contribution is -0.0826. The number of rotatable bonds is 29. The largest absolute Gasteiger partial charge is 0.379 e. The first-order valence-electron chi connectivity index (χ1n) is 19.7. The van der Waals surface area contributed by atoms with E-state index in [4.69, 9.17) is 49.6 Å². The van der Waals surface area contributed by atoms with Crippen molar-refractivity contribution in [3.05, 3.63) is 41.2 Å². The lowest BCUT2D eigenvalue weighted by Crippen LogP contribution is -2.28. The Kier molecular flexibility index (Phi) is 25.2. The van der Waals surface area contributed by atoms with E-state index >= 15 is 0 Å². The second-order valence-electron chi connectivity index (χ2n) is 13.4. The van der Waals surface area contributed by atoms with Crippen molar-refractivity contribution in [1.82, 2.24) is 15.0 Å². The lowest BCUT2D eigenvalue weighted by Gasteiger charge is -2.18. The predicted octanol–water partition coefficient (Wildman–Crippen LogP) is 5.93. The molecule has 0 aliphatic heterocycles.